The molecule has 0 aromatic carbocycles. The smallest absolute Gasteiger partial charge is 0.249 e. The molecule has 0 aliphatic carbocycles. The van der Waals surface area contributed by atoms with E-state index in [0.29, 0.717) is 25.6 Å². The number of rotatable bonds is 2. The van der Waals surface area contributed by atoms with Gasteiger partial charge >= 0.3 is 0 Å². The van der Waals surface area contributed by atoms with Crippen molar-refractivity contribution >= 4 is 17.7 Å². The number of anilines is 1. The molecule has 0 radical (unpaired) electrons. The molecule has 0 N–H and O–H groups in total. The van der Waals surface area contributed by atoms with Crippen LogP contribution < -0.4 is 4.90 Å². The molecule has 0 saturated carbocycles. The van der Waals surface area contributed by atoms with Crippen molar-refractivity contribution in [1.29, 1.82) is 0 Å². The van der Waals surface area contributed by atoms with E-state index in [1.54, 1.807) is 15.9 Å². The average molecular weight is 276 g/mol. The Balaban J connectivity index is 1.89. The Kier molecular flexibility index (Phi) is 2.90. The predicted molar refractivity (Wildman–Crippen MR) is 71.3 cm³/mol. The van der Waals surface area contributed by atoms with E-state index in [9.17, 15) is 9.59 Å². The highest BCUT2D eigenvalue weighted by atomic mass is 16.5. The van der Waals surface area contributed by atoms with Gasteiger partial charge in [-0.25, -0.2) is 0 Å². The third kappa shape index (κ3) is 1.84. The highest BCUT2D eigenvalue weighted by Crippen LogP contribution is 2.33. The van der Waals surface area contributed by atoms with Gasteiger partial charge in [-0.05, 0) is 19.1 Å². The Morgan fingerprint density at radius 2 is 2.20 bits per heavy atom. The van der Waals surface area contributed by atoms with Crippen molar-refractivity contribution in [2.24, 2.45) is 0 Å². The molecule has 1 spiro atoms. The molecule has 2 saturated heterocycles. The van der Waals surface area contributed by atoms with Crippen LogP contribution in [-0.2, 0) is 14.3 Å². The molecule has 0 bridgehead atoms. The summed E-state index contributed by atoms with van der Waals surface area (Å²) in [5, 5.41) is 0. The van der Waals surface area contributed by atoms with Crippen LogP contribution in [0, 0.1) is 6.92 Å². The first kappa shape index (κ1) is 12.9. The maximum absolute atomic E-state index is 12.3. The highest BCUT2D eigenvalue weighted by Gasteiger charge is 2.52. The van der Waals surface area contributed by atoms with Crippen LogP contribution in [0.15, 0.2) is 29.2 Å². The van der Waals surface area contributed by atoms with Crippen molar-refractivity contribution < 1.29 is 18.7 Å². The first-order chi connectivity index (χ1) is 9.55. The van der Waals surface area contributed by atoms with Crippen molar-refractivity contribution in [1.82, 2.24) is 4.90 Å². The zero-order valence-corrected chi connectivity index (χ0v) is 11.3. The van der Waals surface area contributed by atoms with Crippen molar-refractivity contribution in [3.8, 4) is 0 Å². The number of hydrogen-bond donors (Lipinski definition) is 0. The molecule has 6 heteroatoms. The third-order valence-electron chi connectivity index (χ3n) is 3.79. The van der Waals surface area contributed by atoms with Gasteiger partial charge in [-0.15, -0.1) is 0 Å². The second kappa shape index (κ2) is 4.49. The first-order valence-electron chi connectivity index (χ1n) is 6.44. The molecule has 6 nitrogen and oxygen atoms in total. The molecule has 2 aliphatic heterocycles. The molecule has 2 fully saturated rings. The van der Waals surface area contributed by atoms with Gasteiger partial charge in [0, 0.05) is 6.07 Å². The maximum Gasteiger partial charge on any atom is 0.249 e. The van der Waals surface area contributed by atoms with Gasteiger partial charge in [-0.2, -0.15) is 0 Å². The average Bonchev–Trinajstić information content (AvgIpc) is 2.82. The summed E-state index contributed by atoms with van der Waals surface area (Å²) in [6, 6.07) is 3.58. The predicted octanol–water partition coefficient (Wildman–Crippen LogP) is 0.718. The lowest BCUT2D eigenvalue weighted by atomic mass is 9.91. The Labute approximate surface area is 116 Å². The topological polar surface area (TPSA) is 63.0 Å². The third-order valence-corrected chi connectivity index (χ3v) is 3.79. The number of carbonyl (C=O) groups excluding carboxylic acids is 2. The van der Waals surface area contributed by atoms with E-state index in [2.05, 4.69) is 6.58 Å². The standard InChI is InChI=1S/C14H16N2O4/c1-3-11(17)16-6-12(18)15(7-14(16)8-19-9-14)13-5-4-10(2)20-13/h3-5H,1,6-9H2,2H3. The molecule has 0 atom stereocenters. The van der Waals surface area contributed by atoms with Gasteiger partial charge in [0.05, 0.1) is 19.8 Å². The second-order valence-electron chi connectivity index (χ2n) is 5.21. The van der Waals surface area contributed by atoms with Crippen molar-refractivity contribution in [3.05, 3.63) is 30.5 Å². The Morgan fingerprint density at radius 1 is 1.45 bits per heavy atom. The van der Waals surface area contributed by atoms with Gasteiger partial charge in [-0.3, -0.25) is 14.5 Å². The number of amides is 2. The molecule has 2 aliphatic rings. The zero-order chi connectivity index (χ0) is 14.3. The number of aryl methyl sites for hydroxylation is 1. The number of hydrogen-bond acceptors (Lipinski definition) is 4. The van der Waals surface area contributed by atoms with Crippen LogP contribution in [0.4, 0.5) is 5.88 Å². The SMILES string of the molecule is C=CC(=O)N1CC(=O)N(c2ccc(C)o2)CC12COC2. The minimum absolute atomic E-state index is 0.0218. The quantitative estimate of drug-likeness (QED) is 0.747. The number of ether oxygens (including phenoxy) is 1. The minimum atomic E-state index is -0.458. The second-order valence-corrected chi connectivity index (χ2v) is 5.21. The molecule has 2 amide bonds. The minimum Gasteiger partial charge on any atom is -0.445 e. The molecule has 3 rings (SSSR count). The summed E-state index contributed by atoms with van der Waals surface area (Å²) in [6.07, 6.45) is 1.24. The zero-order valence-electron chi connectivity index (χ0n) is 11.3. The van der Waals surface area contributed by atoms with Crippen LogP contribution in [0.3, 0.4) is 0 Å². The van der Waals surface area contributed by atoms with Crippen LogP contribution in [-0.4, -0.2) is 48.6 Å². The van der Waals surface area contributed by atoms with Crippen molar-refractivity contribution in [3.63, 3.8) is 0 Å². The molecule has 1 aromatic rings. The molecular formula is C14H16N2O4. The van der Waals surface area contributed by atoms with Crippen molar-refractivity contribution in [2.45, 2.75) is 12.5 Å². The molecule has 3 heterocycles. The van der Waals surface area contributed by atoms with E-state index in [1.807, 2.05) is 13.0 Å². The lowest BCUT2D eigenvalue weighted by molar-refractivity contribution is -0.170. The molecule has 0 unspecified atom stereocenters. The van der Waals surface area contributed by atoms with Crippen LogP contribution >= 0.6 is 0 Å². The van der Waals surface area contributed by atoms with Gasteiger partial charge < -0.3 is 14.1 Å². The summed E-state index contributed by atoms with van der Waals surface area (Å²) in [5.41, 5.74) is -0.458. The fraction of sp³-hybridized carbons (Fsp3) is 0.429. The summed E-state index contributed by atoms with van der Waals surface area (Å²) in [4.78, 5) is 27.3. The van der Waals surface area contributed by atoms with Crippen LogP contribution in [0.1, 0.15) is 5.76 Å². The van der Waals surface area contributed by atoms with E-state index in [4.69, 9.17) is 9.15 Å². The van der Waals surface area contributed by atoms with Gasteiger partial charge in [0.1, 0.15) is 17.8 Å². The van der Waals surface area contributed by atoms with Gasteiger partial charge in [0.25, 0.3) is 0 Å². The summed E-state index contributed by atoms with van der Waals surface area (Å²) < 4.78 is 10.8. The van der Waals surface area contributed by atoms with Crippen LogP contribution in [0.2, 0.25) is 0 Å². The fourth-order valence-electron chi connectivity index (χ4n) is 2.63. The molecule has 106 valence electrons. The van der Waals surface area contributed by atoms with E-state index < -0.39 is 5.54 Å². The number of nitrogens with zero attached hydrogens (tertiary/aromatic N) is 2. The number of piperazine rings is 1. The monoisotopic (exact) mass is 276 g/mol. The summed E-state index contributed by atoms with van der Waals surface area (Å²) in [5.74, 6) is 0.866. The lowest BCUT2D eigenvalue weighted by Crippen LogP contribution is -2.74. The van der Waals surface area contributed by atoms with Gasteiger partial charge in [0.15, 0.2) is 0 Å². The van der Waals surface area contributed by atoms with E-state index in [0.717, 1.165) is 5.76 Å². The highest BCUT2D eigenvalue weighted by molar-refractivity contribution is 5.99. The van der Waals surface area contributed by atoms with E-state index in [-0.39, 0.29) is 18.4 Å². The fourth-order valence-corrected chi connectivity index (χ4v) is 2.63. The molecule has 20 heavy (non-hydrogen) atoms. The Bertz CT molecular complexity index is 573. The summed E-state index contributed by atoms with van der Waals surface area (Å²) in [7, 11) is 0. The number of carbonyl (C=O) groups is 2. The largest absolute Gasteiger partial charge is 0.445 e. The normalized spacial score (nSPS) is 20.9. The van der Waals surface area contributed by atoms with Gasteiger partial charge in [-0.1, -0.05) is 6.58 Å². The van der Waals surface area contributed by atoms with E-state index >= 15 is 0 Å². The maximum atomic E-state index is 12.3. The van der Waals surface area contributed by atoms with Crippen molar-refractivity contribution in [2.75, 3.05) is 31.2 Å². The summed E-state index contributed by atoms with van der Waals surface area (Å²) >= 11 is 0. The number of furan rings is 1. The van der Waals surface area contributed by atoms with E-state index in [1.165, 1.54) is 6.08 Å². The Hall–Kier alpha value is -2.08. The first-order valence-corrected chi connectivity index (χ1v) is 6.44. The lowest BCUT2D eigenvalue weighted by Gasteiger charge is -2.53. The van der Waals surface area contributed by atoms with Crippen LogP contribution in [0.25, 0.3) is 0 Å². The Morgan fingerprint density at radius 3 is 2.70 bits per heavy atom. The molecule has 1 aromatic heterocycles. The van der Waals surface area contributed by atoms with Gasteiger partial charge in [0.2, 0.25) is 17.7 Å². The summed E-state index contributed by atoms with van der Waals surface area (Å²) in [6.45, 7) is 6.58. The molecular weight excluding hydrogens is 260 g/mol. The van der Waals surface area contributed by atoms with Crippen LogP contribution in [0.5, 0.6) is 0 Å².